The molecule has 0 fully saturated rings. The van der Waals surface area contributed by atoms with Crippen LogP contribution in [0.3, 0.4) is 0 Å². The van der Waals surface area contributed by atoms with Gasteiger partial charge in [0.15, 0.2) is 0 Å². The topological polar surface area (TPSA) is 37.3 Å². The van der Waals surface area contributed by atoms with Gasteiger partial charge in [0.2, 0.25) is 0 Å². The lowest BCUT2D eigenvalue weighted by molar-refractivity contribution is -0.137. The van der Waals surface area contributed by atoms with Crippen molar-refractivity contribution in [3.05, 3.63) is 33.5 Å². The molecule has 1 N–H and O–H groups in total. The first-order valence-electron chi connectivity index (χ1n) is 4.59. The molecule has 0 saturated heterocycles. The third-order valence-electron chi connectivity index (χ3n) is 2.39. The van der Waals surface area contributed by atoms with E-state index in [1.807, 2.05) is 6.92 Å². The Morgan fingerprint density at radius 1 is 1.60 bits per heavy atom. The maximum atomic E-state index is 13.1. The van der Waals surface area contributed by atoms with Gasteiger partial charge in [-0.05, 0) is 46.0 Å². The zero-order valence-electron chi connectivity index (χ0n) is 8.55. The summed E-state index contributed by atoms with van der Waals surface area (Å²) in [6.45, 7) is 3.60. The fraction of sp³-hybridized carbons (Fsp3) is 0.364. The lowest BCUT2D eigenvalue weighted by Gasteiger charge is -2.14. The van der Waals surface area contributed by atoms with Gasteiger partial charge in [0.05, 0.1) is 10.9 Å². The van der Waals surface area contributed by atoms with E-state index in [1.54, 1.807) is 13.0 Å². The van der Waals surface area contributed by atoms with Crippen molar-refractivity contribution < 1.29 is 14.3 Å². The van der Waals surface area contributed by atoms with E-state index in [4.69, 9.17) is 5.11 Å². The second kappa shape index (κ2) is 4.75. The van der Waals surface area contributed by atoms with E-state index in [1.165, 1.54) is 6.07 Å². The predicted molar refractivity (Wildman–Crippen MR) is 59.5 cm³/mol. The first-order chi connectivity index (χ1) is 6.93. The Hall–Kier alpha value is -0.900. The van der Waals surface area contributed by atoms with Gasteiger partial charge in [-0.2, -0.15) is 0 Å². The zero-order valence-corrected chi connectivity index (χ0v) is 10.1. The Bertz CT molecular complexity index is 390. The number of benzene rings is 1. The molecule has 2 nitrogen and oxygen atoms in total. The molecule has 4 heteroatoms. The van der Waals surface area contributed by atoms with Crippen LogP contribution in [0.25, 0.3) is 0 Å². The second-order valence-corrected chi connectivity index (χ2v) is 4.37. The molecule has 1 unspecified atom stereocenters. The van der Waals surface area contributed by atoms with Gasteiger partial charge in [-0.15, -0.1) is 0 Å². The Balaban J connectivity index is 3.05. The molecular weight excluding hydrogens is 263 g/mol. The van der Waals surface area contributed by atoms with Crippen molar-refractivity contribution in [3.63, 3.8) is 0 Å². The van der Waals surface area contributed by atoms with Crippen LogP contribution in [0, 0.1) is 12.7 Å². The fourth-order valence-corrected chi connectivity index (χ4v) is 1.93. The molecule has 0 radical (unpaired) electrons. The number of rotatable bonds is 3. The molecule has 0 amide bonds. The van der Waals surface area contributed by atoms with Gasteiger partial charge in [-0.3, -0.25) is 4.79 Å². The molecule has 0 aliphatic carbocycles. The summed E-state index contributed by atoms with van der Waals surface area (Å²) in [7, 11) is 0. The van der Waals surface area contributed by atoms with Gasteiger partial charge in [0.1, 0.15) is 5.82 Å². The van der Waals surface area contributed by atoms with Crippen LogP contribution >= 0.6 is 15.9 Å². The Morgan fingerprint density at radius 2 is 2.20 bits per heavy atom. The van der Waals surface area contributed by atoms with Crippen molar-refractivity contribution in [2.45, 2.75) is 26.2 Å². The fourth-order valence-electron chi connectivity index (χ4n) is 1.57. The summed E-state index contributed by atoms with van der Waals surface area (Å²) >= 11 is 3.14. The van der Waals surface area contributed by atoms with Gasteiger partial charge in [-0.25, -0.2) is 4.39 Å². The van der Waals surface area contributed by atoms with Crippen LogP contribution in [0.15, 0.2) is 16.6 Å². The standard InChI is InChI=1S/C11H12BrFO2/c1-6(5-10(14)15)8-3-4-9(13)11(12)7(8)2/h3-4,6H,5H2,1-2H3,(H,14,15). The normalized spacial score (nSPS) is 12.5. The van der Waals surface area contributed by atoms with Crippen molar-refractivity contribution in [2.75, 3.05) is 0 Å². The third kappa shape index (κ3) is 2.78. The van der Waals surface area contributed by atoms with Gasteiger partial charge in [0.25, 0.3) is 0 Å². The Labute approximate surface area is 96.2 Å². The van der Waals surface area contributed by atoms with Crippen LogP contribution in [0.1, 0.15) is 30.4 Å². The van der Waals surface area contributed by atoms with Crippen molar-refractivity contribution in [3.8, 4) is 0 Å². The minimum Gasteiger partial charge on any atom is -0.481 e. The molecule has 0 saturated carbocycles. The number of hydrogen-bond acceptors (Lipinski definition) is 1. The summed E-state index contributed by atoms with van der Waals surface area (Å²) in [5, 5.41) is 8.67. The average Bonchev–Trinajstić information content (AvgIpc) is 2.13. The lowest BCUT2D eigenvalue weighted by atomic mass is 9.94. The maximum Gasteiger partial charge on any atom is 0.303 e. The van der Waals surface area contributed by atoms with Gasteiger partial charge in [-0.1, -0.05) is 13.0 Å². The molecule has 82 valence electrons. The van der Waals surface area contributed by atoms with Gasteiger partial charge in [0, 0.05) is 0 Å². The highest BCUT2D eigenvalue weighted by atomic mass is 79.9. The SMILES string of the molecule is Cc1c(C(C)CC(=O)O)ccc(F)c1Br. The minimum atomic E-state index is -0.845. The van der Waals surface area contributed by atoms with Crippen molar-refractivity contribution in [2.24, 2.45) is 0 Å². The largest absolute Gasteiger partial charge is 0.481 e. The van der Waals surface area contributed by atoms with Crippen LogP contribution in [0.2, 0.25) is 0 Å². The summed E-state index contributed by atoms with van der Waals surface area (Å²) in [6.07, 6.45) is 0.0545. The van der Waals surface area contributed by atoms with Crippen LogP contribution < -0.4 is 0 Å². The van der Waals surface area contributed by atoms with Gasteiger partial charge >= 0.3 is 5.97 Å². The highest BCUT2D eigenvalue weighted by Gasteiger charge is 2.15. The number of aliphatic carboxylic acids is 1. The zero-order chi connectivity index (χ0) is 11.6. The summed E-state index contributed by atoms with van der Waals surface area (Å²) in [5.74, 6) is -1.28. The van der Waals surface area contributed by atoms with E-state index in [0.29, 0.717) is 4.47 Å². The van der Waals surface area contributed by atoms with Crippen LogP contribution in [0.4, 0.5) is 4.39 Å². The van der Waals surface area contributed by atoms with E-state index in [0.717, 1.165) is 11.1 Å². The molecule has 0 bridgehead atoms. The summed E-state index contributed by atoms with van der Waals surface area (Å²) < 4.78 is 13.5. The van der Waals surface area contributed by atoms with Gasteiger partial charge < -0.3 is 5.11 Å². The molecule has 0 aliphatic heterocycles. The number of carbonyl (C=O) groups is 1. The third-order valence-corrected chi connectivity index (χ3v) is 3.37. The molecular formula is C11H12BrFO2. The molecule has 1 atom stereocenters. The van der Waals surface area contributed by atoms with E-state index in [9.17, 15) is 9.18 Å². The quantitative estimate of drug-likeness (QED) is 0.917. The molecule has 1 rings (SSSR count). The van der Waals surface area contributed by atoms with Crippen molar-refractivity contribution >= 4 is 21.9 Å². The van der Waals surface area contributed by atoms with Crippen LogP contribution in [-0.4, -0.2) is 11.1 Å². The summed E-state index contributed by atoms with van der Waals surface area (Å²) in [6, 6.07) is 2.99. The highest BCUT2D eigenvalue weighted by Crippen LogP contribution is 2.29. The summed E-state index contributed by atoms with van der Waals surface area (Å²) in [4.78, 5) is 10.6. The van der Waals surface area contributed by atoms with Crippen molar-refractivity contribution in [1.82, 2.24) is 0 Å². The molecule has 1 aromatic carbocycles. The molecule has 1 aromatic rings. The second-order valence-electron chi connectivity index (χ2n) is 3.57. The smallest absolute Gasteiger partial charge is 0.303 e. The Morgan fingerprint density at radius 3 is 2.73 bits per heavy atom. The van der Waals surface area contributed by atoms with Crippen molar-refractivity contribution in [1.29, 1.82) is 0 Å². The maximum absolute atomic E-state index is 13.1. The molecule has 0 aliphatic rings. The van der Waals surface area contributed by atoms with Crippen LogP contribution in [0.5, 0.6) is 0 Å². The minimum absolute atomic E-state index is 0.0545. The molecule has 0 aromatic heterocycles. The molecule has 0 heterocycles. The average molecular weight is 275 g/mol. The predicted octanol–water partition coefficient (Wildman–Crippen LogP) is 3.47. The number of carboxylic acids is 1. The Kier molecular flexibility index (Phi) is 3.85. The van der Waals surface area contributed by atoms with Crippen LogP contribution in [-0.2, 0) is 4.79 Å². The molecule has 15 heavy (non-hydrogen) atoms. The van der Waals surface area contributed by atoms with E-state index in [2.05, 4.69) is 15.9 Å². The number of carboxylic acid groups (broad SMARTS) is 1. The van der Waals surface area contributed by atoms with E-state index < -0.39 is 5.97 Å². The first-order valence-corrected chi connectivity index (χ1v) is 5.39. The van der Waals surface area contributed by atoms with E-state index in [-0.39, 0.29) is 18.2 Å². The number of hydrogen-bond donors (Lipinski definition) is 1. The lowest BCUT2D eigenvalue weighted by Crippen LogP contribution is -2.05. The highest BCUT2D eigenvalue weighted by molar-refractivity contribution is 9.10. The number of halogens is 2. The summed E-state index contributed by atoms with van der Waals surface area (Å²) in [5.41, 5.74) is 1.63. The van der Waals surface area contributed by atoms with E-state index >= 15 is 0 Å². The monoisotopic (exact) mass is 274 g/mol. The first kappa shape index (κ1) is 12.2. The molecule has 0 spiro atoms.